The molecule has 3 aromatic rings. The van der Waals surface area contributed by atoms with Crippen molar-refractivity contribution in [1.82, 2.24) is 15.3 Å². The number of halogens is 1. The van der Waals surface area contributed by atoms with Crippen molar-refractivity contribution >= 4 is 47.1 Å². The minimum atomic E-state index is -0.711. The predicted molar refractivity (Wildman–Crippen MR) is 163 cm³/mol. The Morgan fingerprint density at radius 1 is 1.17 bits per heavy atom. The zero-order valence-electron chi connectivity index (χ0n) is 23.4. The third-order valence-corrected chi connectivity index (χ3v) is 7.00. The minimum absolute atomic E-state index is 0. The van der Waals surface area contributed by atoms with Crippen molar-refractivity contribution in [3.63, 3.8) is 0 Å². The summed E-state index contributed by atoms with van der Waals surface area (Å²) < 4.78 is 5.27. The van der Waals surface area contributed by atoms with E-state index >= 15 is 0 Å². The highest BCUT2D eigenvalue weighted by molar-refractivity contribution is 6.26. The van der Waals surface area contributed by atoms with Gasteiger partial charge >= 0.3 is 0 Å². The van der Waals surface area contributed by atoms with Gasteiger partial charge in [0.15, 0.2) is 5.78 Å². The van der Waals surface area contributed by atoms with Crippen LogP contribution >= 0.6 is 12.4 Å². The molecule has 1 unspecified atom stereocenters. The number of carbonyl (C=O) groups is 2. The quantitative estimate of drug-likeness (QED) is 0.407. The standard InChI is InChI=1S/C31H34N6O3.ClH/c1-20(2)16-26(32)30(39)37(23-8-5-4-6-9-23)31-34-18-22-17-33-19-36(29(22)35-31)27-11-7-10-25(28(27)38)21-12-14-24(40-3)15-13-21;/h4-15,18,20,26-27,33H,16-17,19,32H2,1-3H3;1H/t26-,27?;/m0./s1. The molecule has 2 aliphatic rings. The average molecular weight is 575 g/mol. The molecule has 0 saturated carbocycles. The Labute approximate surface area is 246 Å². The number of nitrogens with one attached hydrogen (secondary N) is 1. The van der Waals surface area contributed by atoms with Gasteiger partial charge < -0.3 is 15.4 Å². The number of nitrogens with two attached hydrogens (primary N) is 1. The number of aromatic nitrogens is 2. The molecule has 1 aliphatic carbocycles. The van der Waals surface area contributed by atoms with Crippen LogP contribution in [0, 0.1) is 5.92 Å². The van der Waals surface area contributed by atoms with Gasteiger partial charge in [-0.2, -0.15) is 4.98 Å². The lowest BCUT2D eigenvalue weighted by atomic mass is 9.92. The summed E-state index contributed by atoms with van der Waals surface area (Å²) in [5.41, 5.74) is 9.24. The van der Waals surface area contributed by atoms with Crippen LogP contribution in [0.1, 0.15) is 31.4 Å². The lowest BCUT2D eigenvalue weighted by molar-refractivity contribution is -0.119. The molecular formula is C31H35ClN6O3. The van der Waals surface area contributed by atoms with E-state index in [4.69, 9.17) is 15.5 Å². The fourth-order valence-corrected chi connectivity index (χ4v) is 5.02. The summed E-state index contributed by atoms with van der Waals surface area (Å²) in [6.45, 7) is 5.02. The van der Waals surface area contributed by atoms with Crippen LogP contribution in [0.2, 0.25) is 0 Å². The summed E-state index contributed by atoms with van der Waals surface area (Å²) in [4.78, 5) is 40.3. The van der Waals surface area contributed by atoms with Crippen LogP contribution in [-0.4, -0.2) is 47.5 Å². The molecule has 0 radical (unpaired) electrons. The van der Waals surface area contributed by atoms with Gasteiger partial charge in [-0.1, -0.05) is 62.4 Å². The molecule has 2 atom stereocenters. The van der Waals surface area contributed by atoms with Crippen LogP contribution in [-0.2, 0) is 16.1 Å². The van der Waals surface area contributed by atoms with E-state index in [0.717, 1.165) is 16.9 Å². The maximum Gasteiger partial charge on any atom is 0.250 e. The number of carbonyl (C=O) groups excluding carboxylic acids is 2. The second-order valence-electron chi connectivity index (χ2n) is 10.3. The van der Waals surface area contributed by atoms with Crippen molar-refractivity contribution in [3.05, 3.63) is 90.1 Å². The van der Waals surface area contributed by atoms with Crippen molar-refractivity contribution in [3.8, 4) is 5.75 Å². The Bertz CT molecular complexity index is 1440. The fraction of sp³-hybridized carbons (Fsp3) is 0.290. The van der Waals surface area contributed by atoms with E-state index in [-0.39, 0.29) is 36.0 Å². The van der Waals surface area contributed by atoms with Gasteiger partial charge in [-0.25, -0.2) is 9.88 Å². The molecule has 2 heterocycles. The normalized spacial score (nSPS) is 16.9. The van der Waals surface area contributed by atoms with Gasteiger partial charge in [0.1, 0.15) is 17.6 Å². The van der Waals surface area contributed by atoms with Gasteiger partial charge in [-0.15, -0.1) is 12.4 Å². The monoisotopic (exact) mass is 574 g/mol. The number of rotatable bonds is 8. The molecule has 1 amide bonds. The van der Waals surface area contributed by atoms with Crippen molar-refractivity contribution < 1.29 is 14.3 Å². The highest BCUT2D eigenvalue weighted by atomic mass is 35.5. The molecule has 0 spiro atoms. The van der Waals surface area contributed by atoms with Gasteiger partial charge in [-0.3, -0.25) is 14.9 Å². The number of hydrogen-bond donors (Lipinski definition) is 2. The number of hydrogen-bond acceptors (Lipinski definition) is 8. The molecule has 2 aromatic carbocycles. The predicted octanol–water partition coefficient (Wildman–Crippen LogP) is 4.40. The first-order chi connectivity index (χ1) is 19.4. The van der Waals surface area contributed by atoms with Crippen LogP contribution in [0.4, 0.5) is 17.5 Å². The number of fused-ring (bicyclic) bond motifs is 1. The van der Waals surface area contributed by atoms with Crippen LogP contribution in [0.5, 0.6) is 5.75 Å². The van der Waals surface area contributed by atoms with Gasteiger partial charge in [0.2, 0.25) is 5.95 Å². The van der Waals surface area contributed by atoms with Crippen LogP contribution in [0.3, 0.4) is 0 Å². The van der Waals surface area contributed by atoms with E-state index in [1.165, 1.54) is 4.90 Å². The van der Waals surface area contributed by atoms with Gasteiger partial charge in [-0.05, 0) is 42.2 Å². The van der Waals surface area contributed by atoms with E-state index in [2.05, 4.69) is 10.3 Å². The van der Waals surface area contributed by atoms with E-state index in [1.54, 1.807) is 13.3 Å². The molecular weight excluding hydrogens is 540 g/mol. The first-order valence-electron chi connectivity index (χ1n) is 13.4. The van der Waals surface area contributed by atoms with Crippen LogP contribution < -0.4 is 25.6 Å². The Morgan fingerprint density at radius 3 is 2.59 bits per heavy atom. The molecule has 5 rings (SSSR count). The molecule has 10 heteroatoms. The topological polar surface area (TPSA) is 114 Å². The zero-order valence-corrected chi connectivity index (χ0v) is 24.2. The lowest BCUT2D eigenvalue weighted by Gasteiger charge is -2.36. The number of allylic oxidation sites excluding steroid dienone is 2. The second kappa shape index (κ2) is 13.1. The van der Waals surface area contributed by atoms with Gasteiger partial charge in [0, 0.05) is 23.9 Å². The van der Waals surface area contributed by atoms with Gasteiger partial charge in [0.05, 0.1) is 25.5 Å². The largest absolute Gasteiger partial charge is 0.497 e. The number of benzene rings is 2. The van der Waals surface area contributed by atoms with Crippen molar-refractivity contribution in [2.45, 2.75) is 38.9 Å². The number of ketones is 1. The van der Waals surface area contributed by atoms with Crippen molar-refractivity contribution in [2.75, 3.05) is 23.6 Å². The highest BCUT2D eigenvalue weighted by Gasteiger charge is 2.34. The molecule has 214 valence electrons. The third kappa shape index (κ3) is 6.32. The fourth-order valence-electron chi connectivity index (χ4n) is 5.02. The third-order valence-electron chi connectivity index (χ3n) is 7.00. The molecule has 0 saturated heterocycles. The van der Waals surface area contributed by atoms with Gasteiger partial charge in [0.25, 0.3) is 5.91 Å². The summed E-state index contributed by atoms with van der Waals surface area (Å²) in [6, 6.07) is 15.4. The number of Topliss-reactive ketones (excluding diaryl/α,β-unsaturated/α-hetero) is 1. The minimum Gasteiger partial charge on any atom is -0.497 e. The van der Waals surface area contributed by atoms with E-state index < -0.39 is 12.1 Å². The number of ether oxygens (including phenoxy) is 1. The maximum absolute atomic E-state index is 13.8. The molecule has 41 heavy (non-hydrogen) atoms. The molecule has 0 bridgehead atoms. The molecule has 9 nitrogen and oxygen atoms in total. The van der Waals surface area contributed by atoms with E-state index in [9.17, 15) is 9.59 Å². The molecule has 1 aromatic heterocycles. The molecule has 0 fully saturated rings. The number of anilines is 3. The Kier molecular flexibility index (Phi) is 9.54. The maximum atomic E-state index is 13.8. The summed E-state index contributed by atoms with van der Waals surface area (Å²) in [7, 11) is 1.61. The molecule has 3 N–H and O–H groups in total. The lowest BCUT2D eigenvalue weighted by Crippen LogP contribution is -2.50. The SMILES string of the molecule is COc1ccc(C2=CC=CC(N3CNCc4cnc(N(C(=O)[C@@H](N)CC(C)C)c5ccccc5)nc43)C2=O)cc1.Cl. The summed E-state index contributed by atoms with van der Waals surface area (Å²) >= 11 is 0. The Hall–Kier alpha value is -4.05. The first kappa shape index (κ1) is 29.9. The Morgan fingerprint density at radius 2 is 1.90 bits per heavy atom. The number of nitrogens with zero attached hydrogens (tertiary/aromatic N) is 4. The number of methoxy groups -OCH3 is 1. The highest BCUT2D eigenvalue weighted by Crippen LogP contribution is 2.32. The summed E-state index contributed by atoms with van der Waals surface area (Å²) in [6.07, 6.45) is 7.84. The van der Waals surface area contributed by atoms with Crippen LogP contribution in [0.15, 0.2) is 79.0 Å². The second-order valence-corrected chi connectivity index (χ2v) is 10.3. The smallest absolute Gasteiger partial charge is 0.250 e. The average Bonchev–Trinajstić information content (AvgIpc) is 2.97. The number of para-hydroxylation sites is 1. The summed E-state index contributed by atoms with van der Waals surface area (Å²) in [5.74, 6) is 1.48. The van der Waals surface area contributed by atoms with E-state index in [1.807, 2.05) is 91.6 Å². The summed E-state index contributed by atoms with van der Waals surface area (Å²) in [5, 5.41) is 3.34. The zero-order chi connectivity index (χ0) is 28.2. The van der Waals surface area contributed by atoms with E-state index in [0.29, 0.717) is 36.7 Å². The molecule has 1 aliphatic heterocycles. The van der Waals surface area contributed by atoms with Crippen LogP contribution in [0.25, 0.3) is 5.57 Å². The van der Waals surface area contributed by atoms with Crippen molar-refractivity contribution in [2.24, 2.45) is 11.7 Å². The first-order valence-corrected chi connectivity index (χ1v) is 13.4. The Balaban J connectivity index is 0.00000387. The number of amides is 1. The van der Waals surface area contributed by atoms with Crippen molar-refractivity contribution in [1.29, 1.82) is 0 Å².